The maximum atomic E-state index is 12.5. The molecule has 1 N–H and O–H groups in total. The quantitative estimate of drug-likeness (QED) is 0.605. The Hall–Kier alpha value is -2.65. The summed E-state index contributed by atoms with van der Waals surface area (Å²) >= 11 is 1.59. The summed E-state index contributed by atoms with van der Waals surface area (Å²) in [6.07, 6.45) is 0.611. The van der Waals surface area contributed by atoms with Gasteiger partial charge in [0.1, 0.15) is 0 Å². The summed E-state index contributed by atoms with van der Waals surface area (Å²) in [4.78, 5) is 16.1. The molecule has 1 aromatic heterocycles. The first-order valence-corrected chi connectivity index (χ1v) is 11.1. The third kappa shape index (κ3) is 5.04. The van der Waals surface area contributed by atoms with Crippen LogP contribution in [0.25, 0.3) is 11.3 Å². The van der Waals surface area contributed by atoms with E-state index in [0.717, 1.165) is 34.0 Å². The Labute approximate surface area is 171 Å². The van der Waals surface area contributed by atoms with Crippen LogP contribution in [0, 0.1) is 6.92 Å². The molecule has 0 atom stereocenters. The number of benzene rings is 2. The van der Waals surface area contributed by atoms with Crippen molar-refractivity contribution in [2.24, 2.45) is 0 Å². The monoisotopic (exact) mass is 436 g/mol. The molecular formula is C20H18F2N2O3S2. The molecule has 29 heavy (non-hydrogen) atoms. The highest BCUT2D eigenvalue weighted by Crippen LogP contribution is 2.22. The van der Waals surface area contributed by atoms with E-state index in [-0.39, 0.29) is 5.56 Å². The molecule has 152 valence electrons. The van der Waals surface area contributed by atoms with Crippen LogP contribution in [-0.2, 0) is 16.3 Å². The zero-order chi connectivity index (χ0) is 21.0. The second kappa shape index (κ2) is 8.79. The van der Waals surface area contributed by atoms with Gasteiger partial charge in [-0.1, -0.05) is 24.3 Å². The molecule has 0 fully saturated rings. The number of alkyl halides is 2. The van der Waals surface area contributed by atoms with Crippen molar-refractivity contribution in [1.29, 1.82) is 0 Å². The molecule has 0 spiro atoms. The highest BCUT2D eigenvalue weighted by atomic mass is 32.2. The van der Waals surface area contributed by atoms with Crippen LogP contribution in [-0.4, -0.2) is 31.6 Å². The Morgan fingerprint density at radius 3 is 2.31 bits per heavy atom. The predicted molar refractivity (Wildman–Crippen MR) is 108 cm³/mol. The van der Waals surface area contributed by atoms with Gasteiger partial charge in [0, 0.05) is 23.1 Å². The van der Waals surface area contributed by atoms with Crippen molar-refractivity contribution in [3.63, 3.8) is 0 Å². The average Bonchev–Trinajstić information content (AvgIpc) is 3.14. The van der Waals surface area contributed by atoms with E-state index in [9.17, 15) is 22.0 Å². The molecule has 0 radical (unpaired) electrons. The first-order chi connectivity index (χ1) is 13.8. The Kier molecular flexibility index (Phi) is 6.39. The normalized spacial score (nSPS) is 11.6. The van der Waals surface area contributed by atoms with Crippen LogP contribution in [0.3, 0.4) is 0 Å². The lowest BCUT2D eigenvalue weighted by Crippen LogP contribution is -2.25. The van der Waals surface area contributed by atoms with Crippen LogP contribution in [0.4, 0.5) is 8.78 Å². The summed E-state index contributed by atoms with van der Waals surface area (Å²) in [5.74, 6) is -3.89. The number of nitrogens with one attached hydrogen (secondary N) is 1. The van der Waals surface area contributed by atoms with Gasteiger partial charge in [-0.2, -0.15) is 8.78 Å². The number of sulfone groups is 1. The van der Waals surface area contributed by atoms with E-state index in [1.54, 1.807) is 11.3 Å². The maximum absolute atomic E-state index is 12.5. The van der Waals surface area contributed by atoms with Gasteiger partial charge in [0.25, 0.3) is 5.91 Å². The van der Waals surface area contributed by atoms with Gasteiger partial charge in [-0.3, -0.25) is 4.79 Å². The summed E-state index contributed by atoms with van der Waals surface area (Å²) in [5, 5.41) is 5.74. The molecule has 0 bridgehead atoms. The van der Waals surface area contributed by atoms with Crippen molar-refractivity contribution >= 4 is 27.1 Å². The first-order valence-electron chi connectivity index (χ1n) is 8.69. The number of nitrogens with zero attached hydrogens (tertiary/aromatic N) is 1. The van der Waals surface area contributed by atoms with E-state index < -0.39 is 26.4 Å². The third-order valence-corrected chi connectivity index (χ3v) is 6.42. The molecule has 0 saturated carbocycles. The molecule has 0 aliphatic carbocycles. The van der Waals surface area contributed by atoms with Crippen LogP contribution in [0.1, 0.15) is 20.9 Å². The van der Waals surface area contributed by atoms with Gasteiger partial charge >= 0.3 is 5.76 Å². The van der Waals surface area contributed by atoms with Crippen LogP contribution >= 0.6 is 11.3 Å². The summed E-state index contributed by atoms with van der Waals surface area (Å²) < 4.78 is 47.9. The Morgan fingerprint density at radius 2 is 1.76 bits per heavy atom. The van der Waals surface area contributed by atoms with Gasteiger partial charge < -0.3 is 5.32 Å². The topological polar surface area (TPSA) is 76.1 Å². The molecule has 5 nitrogen and oxygen atoms in total. The highest BCUT2D eigenvalue weighted by Gasteiger charge is 2.26. The molecule has 3 aromatic rings. The minimum absolute atomic E-state index is 0.201. The molecule has 1 amide bonds. The number of amides is 1. The minimum atomic E-state index is -4.66. The van der Waals surface area contributed by atoms with Crippen LogP contribution < -0.4 is 5.32 Å². The summed E-state index contributed by atoms with van der Waals surface area (Å²) in [7, 11) is -4.66. The number of carbonyl (C=O) groups is 1. The van der Waals surface area contributed by atoms with Gasteiger partial charge in [-0.25, -0.2) is 13.4 Å². The Morgan fingerprint density at radius 1 is 1.10 bits per heavy atom. The Bertz CT molecular complexity index is 1090. The van der Waals surface area contributed by atoms with Crippen molar-refractivity contribution in [3.8, 4) is 11.3 Å². The number of aromatic nitrogens is 1. The second-order valence-electron chi connectivity index (χ2n) is 6.28. The van der Waals surface area contributed by atoms with Gasteiger partial charge in [-0.05, 0) is 43.2 Å². The highest BCUT2D eigenvalue weighted by molar-refractivity contribution is 7.91. The third-order valence-electron chi connectivity index (χ3n) is 4.25. The molecule has 0 saturated heterocycles. The van der Waals surface area contributed by atoms with Crippen LogP contribution in [0.15, 0.2) is 58.8 Å². The van der Waals surface area contributed by atoms with E-state index in [4.69, 9.17) is 0 Å². The lowest BCUT2D eigenvalue weighted by Gasteiger charge is -2.07. The maximum Gasteiger partial charge on any atom is 0.341 e. The fourth-order valence-electron chi connectivity index (χ4n) is 2.66. The summed E-state index contributed by atoms with van der Waals surface area (Å²) in [6, 6.07) is 12.4. The predicted octanol–water partition coefficient (Wildman–Crippen LogP) is 4.09. The molecule has 3 rings (SSSR count). The second-order valence-corrected chi connectivity index (χ2v) is 9.26. The number of carbonyl (C=O) groups excluding carboxylic acids is 1. The molecule has 2 aromatic carbocycles. The van der Waals surface area contributed by atoms with E-state index >= 15 is 0 Å². The van der Waals surface area contributed by atoms with Crippen LogP contribution in [0.5, 0.6) is 0 Å². The van der Waals surface area contributed by atoms with Crippen LogP contribution in [0.2, 0.25) is 0 Å². The summed E-state index contributed by atoms with van der Waals surface area (Å²) in [5.41, 5.74) is 3.21. The average molecular weight is 437 g/mol. The standard InChI is InChI=1S/C20H18F2N2O3S2/c1-13-24-18(12-28-13)15-4-2-14(3-5-15)10-11-23-19(25)16-6-8-17(9-7-16)29(26,27)20(21)22/h2-9,12,20H,10-11H2,1H3,(H,23,25). The number of hydrogen-bond acceptors (Lipinski definition) is 5. The zero-order valence-electron chi connectivity index (χ0n) is 15.4. The van der Waals surface area contributed by atoms with E-state index in [2.05, 4.69) is 10.3 Å². The van der Waals surface area contributed by atoms with Crippen molar-refractivity contribution < 1.29 is 22.0 Å². The van der Waals surface area contributed by atoms with Gasteiger partial charge in [0.05, 0.1) is 15.6 Å². The largest absolute Gasteiger partial charge is 0.352 e. The number of aryl methyl sites for hydroxylation is 1. The fourth-order valence-corrected chi connectivity index (χ4v) is 4.00. The lowest BCUT2D eigenvalue weighted by molar-refractivity contribution is 0.0954. The van der Waals surface area contributed by atoms with Crippen molar-refractivity contribution in [2.75, 3.05) is 6.54 Å². The number of halogens is 2. The first kappa shape index (κ1) is 21.1. The molecular weight excluding hydrogens is 418 g/mol. The number of rotatable bonds is 7. The number of thiazole rings is 1. The van der Waals surface area contributed by atoms with Gasteiger partial charge in [-0.15, -0.1) is 11.3 Å². The molecule has 0 aliphatic heterocycles. The minimum Gasteiger partial charge on any atom is -0.352 e. The van der Waals surface area contributed by atoms with E-state index in [1.165, 1.54) is 12.1 Å². The fraction of sp³-hybridized carbons (Fsp3) is 0.200. The van der Waals surface area contributed by atoms with Gasteiger partial charge in [0.15, 0.2) is 0 Å². The molecule has 0 aliphatic rings. The lowest BCUT2D eigenvalue weighted by atomic mass is 10.1. The molecule has 9 heteroatoms. The zero-order valence-corrected chi connectivity index (χ0v) is 17.1. The van der Waals surface area contributed by atoms with Crippen molar-refractivity contribution in [3.05, 3.63) is 70.0 Å². The van der Waals surface area contributed by atoms with Crippen molar-refractivity contribution in [2.45, 2.75) is 24.0 Å². The molecule has 1 heterocycles. The smallest absolute Gasteiger partial charge is 0.341 e. The number of hydrogen-bond donors (Lipinski definition) is 1. The van der Waals surface area contributed by atoms with Gasteiger partial charge in [0.2, 0.25) is 9.84 Å². The Balaban J connectivity index is 1.54. The molecule has 0 unspecified atom stereocenters. The van der Waals surface area contributed by atoms with E-state index in [0.29, 0.717) is 13.0 Å². The van der Waals surface area contributed by atoms with E-state index in [1.807, 2.05) is 36.6 Å². The SMILES string of the molecule is Cc1nc(-c2ccc(CCNC(=O)c3ccc(S(=O)(=O)C(F)F)cc3)cc2)cs1. The van der Waals surface area contributed by atoms with Crippen molar-refractivity contribution in [1.82, 2.24) is 10.3 Å². The summed E-state index contributed by atoms with van der Waals surface area (Å²) in [6.45, 7) is 2.33.